The smallest absolute Gasteiger partial charge is 0.307 e. The van der Waals surface area contributed by atoms with Gasteiger partial charge in [-0.05, 0) is 40.5 Å². The summed E-state index contributed by atoms with van der Waals surface area (Å²) in [5, 5.41) is 0. The average Bonchev–Trinajstić information content (AvgIpc) is 2.17. The van der Waals surface area contributed by atoms with Crippen LogP contribution < -0.4 is 11.5 Å². The van der Waals surface area contributed by atoms with E-state index in [2.05, 4.69) is 0 Å². The molecule has 0 fully saturated rings. The first-order valence-corrected chi connectivity index (χ1v) is 6.89. The van der Waals surface area contributed by atoms with Crippen molar-refractivity contribution in [3.8, 4) is 0 Å². The van der Waals surface area contributed by atoms with Crippen molar-refractivity contribution in [2.24, 2.45) is 11.5 Å². The summed E-state index contributed by atoms with van der Waals surface area (Å²) < 4.78 is 10.1. The number of rotatable bonds is 9. The maximum atomic E-state index is 11.4. The Morgan fingerprint density at radius 3 is 1.35 bits per heavy atom. The number of hydrogen-bond acceptors (Lipinski definition) is 6. The highest BCUT2D eigenvalue weighted by Gasteiger charge is 2.18. The lowest BCUT2D eigenvalue weighted by Crippen LogP contribution is -2.35. The molecule has 0 bridgehead atoms. The SMILES string of the molecule is CC(C)(N)CC(=O)OCCCCOC(=O)CC(C)(C)N. The van der Waals surface area contributed by atoms with Crippen molar-refractivity contribution >= 4 is 11.9 Å². The maximum Gasteiger partial charge on any atom is 0.307 e. The van der Waals surface area contributed by atoms with Crippen LogP contribution in [0.25, 0.3) is 0 Å². The van der Waals surface area contributed by atoms with Gasteiger partial charge in [0.2, 0.25) is 0 Å². The van der Waals surface area contributed by atoms with Gasteiger partial charge in [0.25, 0.3) is 0 Å². The second-order valence-electron chi connectivity index (χ2n) is 6.48. The average molecular weight is 288 g/mol. The molecular weight excluding hydrogens is 260 g/mol. The minimum absolute atomic E-state index is 0.188. The van der Waals surface area contributed by atoms with Gasteiger partial charge in [-0.25, -0.2) is 0 Å². The molecule has 0 aliphatic heterocycles. The quantitative estimate of drug-likeness (QED) is 0.486. The van der Waals surface area contributed by atoms with Gasteiger partial charge in [0, 0.05) is 11.1 Å². The van der Waals surface area contributed by atoms with E-state index in [1.165, 1.54) is 0 Å². The Labute approximate surface area is 121 Å². The number of carbonyl (C=O) groups is 2. The fraction of sp³-hybridized carbons (Fsp3) is 0.857. The monoisotopic (exact) mass is 288 g/mol. The van der Waals surface area contributed by atoms with Gasteiger partial charge in [0.1, 0.15) is 0 Å². The molecular formula is C14H28N2O4. The zero-order valence-electron chi connectivity index (χ0n) is 13.0. The molecule has 0 saturated heterocycles. The van der Waals surface area contributed by atoms with Gasteiger partial charge in [-0.1, -0.05) is 0 Å². The van der Waals surface area contributed by atoms with E-state index in [0.717, 1.165) is 0 Å². The summed E-state index contributed by atoms with van der Waals surface area (Å²) in [4.78, 5) is 22.7. The summed E-state index contributed by atoms with van der Waals surface area (Å²) in [7, 11) is 0. The van der Waals surface area contributed by atoms with Crippen molar-refractivity contribution in [2.75, 3.05) is 13.2 Å². The Morgan fingerprint density at radius 2 is 1.10 bits per heavy atom. The Hall–Kier alpha value is -1.14. The summed E-state index contributed by atoms with van der Waals surface area (Å²) in [6, 6.07) is 0. The van der Waals surface area contributed by atoms with E-state index >= 15 is 0 Å². The van der Waals surface area contributed by atoms with E-state index in [-0.39, 0.29) is 24.8 Å². The van der Waals surface area contributed by atoms with Gasteiger partial charge < -0.3 is 20.9 Å². The Bertz CT molecular complexity index is 284. The van der Waals surface area contributed by atoms with Crippen LogP contribution in [0.5, 0.6) is 0 Å². The number of carbonyl (C=O) groups excluding carboxylic acids is 2. The van der Waals surface area contributed by atoms with Crippen molar-refractivity contribution in [3.05, 3.63) is 0 Å². The lowest BCUT2D eigenvalue weighted by atomic mass is 10.0. The summed E-state index contributed by atoms with van der Waals surface area (Å²) in [5.74, 6) is -0.612. The van der Waals surface area contributed by atoms with Crippen LogP contribution in [-0.4, -0.2) is 36.2 Å². The zero-order valence-corrected chi connectivity index (χ0v) is 13.0. The molecule has 0 aliphatic rings. The van der Waals surface area contributed by atoms with Crippen LogP contribution in [-0.2, 0) is 19.1 Å². The van der Waals surface area contributed by atoms with E-state index < -0.39 is 11.1 Å². The lowest BCUT2D eigenvalue weighted by molar-refractivity contribution is -0.147. The second kappa shape index (κ2) is 8.21. The van der Waals surface area contributed by atoms with Gasteiger partial charge in [0.15, 0.2) is 0 Å². The standard InChI is InChI=1S/C14H28N2O4/c1-13(2,15)9-11(17)19-7-5-6-8-20-12(18)10-14(3,4)16/h5-10,15-16H2,1-4H3. The molecule has 0 aromatic heterocycles. The first-order valence-electron chi connectivity index (χ1n) is 6.89. The van der Waals surface area contributed by atoms with E-state index in [1.54, 1.807) is 27.7 Å². The summed E-state index contributed by atoms with van der Waals surface area (Å²) in [6.07, 6.45) is 1.67. The molecule has 0 unspecified atom stereocenters. The normalized spacial score (nSPS) is 12.1. The van der Waals surface area contributed by atoms with Gasteiger partial charge in [-0.2, -0.15) is 0 Å². The first-order chi connectivity index (χ1) is 8.99. The first kappa shape index (κ1) is 18.9. The van der Waals surface area contributed by atoms with Crippen LogP contribution >= 0.6 is 0 Å². The molecule has 0 rings (SSSR count). The van der Waals surface area contributed by atoms with Crippen molar-refractivity contribution < 1.29 is 19.1 Å². The molecule has 6 heteroatoms. The molecule has 4 N–H and O–H groups in total. The van der Waals surface area contributed by atoms with E-state index in [0.29, 0.717) is 26.1 Å². The molecule has 0 spiro atoms. The Kier molecular flexibility index (Phi) is 7.75. The number of nitrogens with two attached hydrogens (primary N) is 2. The Balaban J connectivity index is 3.54. The predicted octanol–water partition coefficient (Wildman–Crippen LogP) is 1.11. The zero-order chi connectivity index (χ0) is 15.8. The maximum absolute atomic E-state index is 11.4. The fourth-order valence-corrected chi connectivity index (χ4v) is 1.42. The largest absolute Gasteiger partial charge is 0.466 e. The minimum Gasteiger partial charge on any atom is -0.466 e. The highest BCUT2D eigenvalue weighted by molar-refractivity contribution is 5.71. The van der Waals surface area contributed by atoms with Crippen LogP contribution in [0.4, 0.5) is 0 Å². The lowest BCUT2D eigenvalue weighted by Gasteiger charge is -2.17. The molecule has 0 atom stereocenters. The van der Waals surface area contributed by atoms with Crippen molar-refractivity contribution in [3.63, 3.8) is 0 Å². The molecule has 0 aromatic carbocycles. The number of unbranched alkanes of at least 4 members (excludes halogenated alkanes) is 1. The molecule has 0 saturated carbocycles. The third-order valence-corrected chi connectivity index (χ3v) is 2.26. The van der Waals surface area contributed by atoms with E-state index in [9.17, 15) is 9.59 Å². The van der Waals surface area contributed by atoms with Crippen LogP contribution in [0.15, 0.2) is 0 Å². The Morgan fingerprint density at radius 1 is 0.800 bits per heavy atom. The van der Waals surface area contributed by atoms with Gasteiger partial charge >= 0.3 is 11.9 Å². The van der Waals surface area contributed by atoms with Crippen molar-refractivity contribution in [1.82, 2.24) is 0 Å². The summed E-state index contributed by atoms with van der Waals surface area (Å²) in [5.41, 5.74) is 10.3. The highest BCUT2D eigenvalue weighted by Crippen LogP contribution is 2.06. The molecule has 0 aromatic rings. The topological polar surface area (TPSA) is 105 Å². The number of hydrogen-bond donors (Lipinski definition) is 2. The summed E-state index contributed by atoms with van der Waals surface area (Å²) in [6.45, 7) is 7.71. The van der Waals surface area contributed by atoms with Crippen molar-refractivity contribution in [2.45, 2.75) is 64.5 Å². The molecule has 20 heavy (non-hydrogen) atoms. The van der Waals surface area contributed by atoms with Crippen LogP contribution in [0.2, 0.25) is 0 Å². The molecule has 0 aliphatic carbocycles. The van der Waals surface area contributed by atoms with E-state index in [1.807, 2.05) is 0 Å². The highest BCUT2D eigenvalue weighted by atomic mass is 16.5. The predicted molar refractivity (Wildman–Crippen MR) is 76.9 cm³/mol. The molecule has 118 valence electrons. The van der Waals surface area contributed by atoms with Crippen LogP contribution in [0.1, 0.15) is 53.4 Å². The second-order valence-corrected chi connectivity index (χ2v) is 6.48. The molecule has 6 nitrogen and oxygen atoms in total. The van der Waals surface area contributed by atoms with Gasteiger partial charge in [-0.15, -0.1) is 0 Å². The third kappa shape index (κ3) is 13.3. The van der Waals surface area contributed by atoms with Crippen LogP contribution in [0, 0.1) is 0 Å². The fourth-order valence-electron chi connectivity index (χ4n) is 1.42. The van der Waals surface area contributed by atoms with E-state index in [4.69, 9.17) is 20.9 Å². The van der Waals surface area contributed by atoms with Gasteiger partial charge in [-0.3, -0.25) is 9.59 Å². The van der Waals surface area contributed by atoms with Crippen molar-refractivity contribution in [1.29, 1.82) is 0 Å². The molecule has 0 radical (unpaired) electrons. The minimum atomic E-state index is -0.554. The number of esters is 2. The summed E-state index contributed by atoms with van der Waals surface area (Å²) >= 11 is 0. The van der Waals surface area contributed by atoms with Gasteiger partial charge in [0.05, 0.1) is 26.1 Å². The van der Waals surface area contributed by atoms with Crippen LogP contribution in [0.3, 0.4) is 0 Å². The number of ether oxygens (including phenoxy) is 2. The molecule has 0 heterocycles. The molecule has 0 amide bonds. The third-order valence-electron chi connectivity index (χ3n) is 2.26.